The van der Waals surface area contributed by atoms with Gasteiger partial charge in [-0.15, -0.1) is 0 Å². The van der Waals surface area contributed by atoms with Crippen molar-refractivity contribution in [3.8, 4) is 0 Å². The van der Waals surface area contributed by atoms with E-state index in [2.05, 4.69) is 34.2 Å². The molecule has 1 unspecified atom stereocenters. The van der Waals surface area contributed by atoms with Gasteiger partial charge in [-0.3, -0.25) is 4.90 Å². The molecule has 0 aromatic carbocycles. The number of rotatable bonds is 3. The highest BCUT2D eigenvalue weighted by Crippen LogP contribution is 2.25. The smallest absolute Gasteiger partial charge is 0.243 e. The van der Waals surface area contributed by atoms with E-state index in [4.69, 9.17) is 9.26 Å². The second-order valence-corrected chi connectivity index (χ2v) is 5.94. The predicted molar refractivity (Wildman–Crippen MR) is 74.3 cm³/mol. The molecule has 0 amide bonds. The lowest BCUT2D eigenvalue weighted by Crippen LogP contribution is -2.42. The van der Waals surface area contributed by atoms with Crippen molar-refractivity contribution >= 4 is 0 Å². The van der Waals surface area contributed by atoms with Crippen LogP contribution in [0, 0.1) is 0 Å². The third-order valence-corrected chi connectivity index (χ3v) is 4.18. The fourth-order valence-corrected chi connectivity index (χ4v) is 2.88. The zero-order chi connectivity index (χ0) is 13.9. The first kappa shape index (κ1) is 14.0. The molecule has 6 nitrogen and oxygen atoms in total. The third-order valence-electron chi connectivity index (χ3n) is 4.18. The Balaban J connectivity index is 1.66. The van der Waals surface area contributed by atoms with Crippen molar-refractivity contribution in [2.45, 2.75) is 51.3 Å². The number of ether oxygens (including phenoxy) is 1. The van der Waals surface area contributed by atoms with Gasteiger partial charge in [-0.1, -0.05) is 11.6 Å². The average Bonchev–Trinajstić information content (AvgIpc) is 2.98. The van der Waals surface area contributed by atoms with Crippen LogP contribution in [0.15, 0.2) is 4.52 Å². The molecule has 1 N–H and O–H groups in total. The van der Waals surface area contributed by atoms with E-state index in [9.17, 15) is 0 Å². The number of piperidine rings is 1. The number of hydrogen-bond acceptors (Lipinski definition) is 6. The van der Waals surface area contributed by atoms with E-state index in [1.165, 1.54) is 12.8 Å². The highest BCUT2D eigenvalue weighted by atomic mass is 16.5. The van der Waals surface area contributed by atoms with Gasteiger partial charge in [-0.05, 0) is 33.2 Å². The van der Waals surface area contributed by atoms with Crippen molar-refractivity contribution in [2.75, 3.05) is 26.2 Å². The Bertz CT molecular complexity index is 429. The molecule has 112 valence electrons. The normalized spacial score (nSPS) is 28.9. The second kappa shape index (κ2) is 6.20. The Morgan fingerprint density at radius 1 is 1.35 bits per heavy atom. The molecule has 6 heteroatoms. The van der Waals surface area contributed by atoms with Crippen molar-refractivity contribution in [1.82, 2.24) is 20.4 Å². The molecular formula is C14H24N4O2. The van der Waals surface area contributed by atoms with E-state index in [0.29, 0.717) is 17.8 Å². The summed E-state index contributed by atoms with van der Waals surface area (Å²) in [6.45, 7) is 7.99. The third kappa shape index (κ3) is 3.02. The molecule has 0 spiro atoms. The summed E-state index contributed by atoms with van der Waals surface area (Å²) in [4.78, 5) is 6.95. The van der Waals surface area contributed by atoms with Crippen LogP contribution in [0.25, 0.3) is 0 Å². The van der Waals surface area contributed by atoms with Gasteiger partial charge in [0.25, 0.3) is 0 Å². The number of aromatic nitrogens is 2. The molecule has 3 rings (SSSR count). The molecule has 2 aliphatic heterocycles. The largest absolute Gasteiger partial charge is 0.367 e. The topological polar surface area (TPSA) is 63.4 Å². The molecule has 2 atom stereocenters. The van der Waals surface area contributed by atoms with Gasteiger partial charge in [0.1, 0.15) is 6.10 Å². The molecule has 3 heterocycles. The maximum atomic E-state index is 5.80. The highest BCUT2D eigenvalue weighted by Gasteiger charge is 2.29. The number of nitrogens with one attached hydrogen (secondary N) is 1. The summed E-state index contributed by atoms with van der Waals surface area (Å²) in [5, 5.41) is 7.56. The van der Waals surface area contributed by atoms with E-state index in [1.807, 2.05) is 0 Å². The molecule has 0 aliphatic carbocycles. The van der Waals surface area contributed by atoms with Crippen LogP contribution < -0.4 is 5.32 Å². The summed E-state index contributed by atoms with van der Waals surface area (Å²) in [6, 6.07) is 0.738. The van der Waals surface area contributed by atoms with Crippen LogP contribution in [0.1, 0.15) is 57.0 Å². The second-order valence-electron chi connectivity index (χ2n) is 5.94. The van der Waals surface area contributed by atoms with Crippen LogP contribution in [0.5, 0.6) is 0 Å². The van der Waals surface area contributed by atoms with Crippen molar-refractivity contribution in [3.05, 3.63) is 11.7 Å². The molecule has 20 heavy (non-hydrogen) atoms. The molecule has 0 radical (unpaired) electrons. The van der Waals surface area contributed by atoms with E-state index >= 15 is 0 Å². The summed E-state index contributed by atoms with van der Waals surface area (Å²) in [5.41, 5.74) is 0. The Labute approximate surface area is 119 Å². The minimum Gasteiger partial charge on any atom is -0.367 e. The van der Waals surface area contributed by atoms with E-state index < -0.39 is 0 Å². The first-order valence-corrected chi connectivity index (χ1v) is 7.66. The number of morpholine rings is 1. The molecule has 2 saturated heterocycles. The van der Waals surface area contributed by atoms with E-state index in [-0.39, 0.29) is 12.1 Å². The number of nitrogens with zero attached hydrogens (tertiary/aromatic N) is 3. The van der Waals surface area contributed by atoms with Crippen molar-refractivity contribution in [3.63, 3.8) is 0 Å². The maximum Gasteiger partial charge on any atom is 0.243 e. The first-order chi connectivity index (χ1) is 9.74. The predicted octanol–water partition coefficient (Wildman–Crippen LogP) is 1.67. The van der Waals surface area contributed by atoms with Gasteiger partial charge in [0.15, 0.2) is 0 Å². The Hall–Kier alpha value is -0.980. The van der Waals surface area contributed by atoms with Gasteiger partial charge < -0.3 is 14.6 Å². The van der Waals surface area contributed by atoms with Crippen LogP contribution >= 0.6 is 0 Å². The lowest BCUT2D eigenvalue weighted by Gasteiger charge is -2.34. The molecule has 0 saturated carbocycles. The van der Waals surface area contributed by atoms with Crippen molar-refractivity contribution in [1.29, 1.82) is 0 Å². The van der Waals surface area contributed by atoms with E-state index in [0.717, 1.165) is 32.7 Å². The van der Waals surface area contributed by atoms with Gasteiger partial charge in [0.2, 0.25) is 11.7 Å². The lowest BCUT2D eigenvalue weighted by molar-refractivity contribution is -0.0450. The van der Waals surface area contributed by atoms with Gasteiger partial charge in [0.05, 0.1) is 12.6 Å². The van der Waals surface area contributed by atoms with Crippen LogP contribution in [0.4, 0.5) is 0 Å². The van der Waals surface area contributed by atoms with Crippen molar-refractivity contribution in [2.24, 2.45) is 0 Å². The SMILES string of the molecule is CC(C)N1CCOC(c2noc([C@@H]3CCCCN3)n2)C1. The summed E-state index contributed by atoms with van der Waals surface area (Å²) in [6.07, 6.45) is 3.46. The monoisotopic (exact) mass is 280 g/mol. The van der Waals surface area contributed by atoms with Gasteiger partial charge in [0, 0.05) is 19.1 Å². The summed E-state index contributed by atoms with van der Waals surface area (Å²) in [5.74, 6) is 1.41. The Morgan fingerprint density at radius 2 is 2.25 bits per heavy atom. The standard InChI is InChI=1S/C14H24N4O2/c1-10(2)18-7-8-19-12(9-18)13-16-14(20-17-13)11-5-3-4-6-15-11/h10-12,15H,3-9H2,1-2H3/t11-,12?/m0/s1. The summed E-state index contributed by atoms with van der Waals surface area (Å²) >= 11 is 0. The van der Waals surface area contributed by atoms with Gasteiger partial charge in [-0.2, -0.15) is 4.98 Å². The molecule has 2 fully saturated rings. The number of hydrogen-bond donors (Lipinski definition) is 1. The molecule has 2 aliphatic rings. The maximum absolute atomic E-state index is 5.80. The Kier molecular flexibility index (Phi) is 4.33. The van der Waals surface area contributed by atoms with Crippen LogP contribution in [0.2, 0.25) is 0 Å². The van der Waals surface area contributed by atoms with Crippen LogP contribution in [-0.2, 0) is 4.74 Å². The zero-order valence-corrected chi connectivity index (χ0v) is 12.3. The van der Waals surface area contributed by atoms with Gasteiger partial charge in [-0.25, -0.2) is 0 Å². The quantitative estimate of drug-likeness (QED) is 0.908. The molecule has 0 bridgehead atoms. The molecule has 1 aromatic heterocycles. The summed E-state index contributed by atoms with van der Waals surface area (Å²) in [7, 11) is 0. The fourth-order valence-electron chi connectivity index (χ4n) is 2.88. The Morgan fingerprint density at radius 3 is 3.00 bits per heavy atom. The average molecular weight is 280 g/mol. The minimum absolute atomic E-state index is 0.0627. The molecular weight excluding hydrogens is 256 g/mol. The summed E-state index contributed by atoms with van der Waals surface area (Å²) < 4.78 is 11.2. The zero-order valence-electron chi connectivity index (χ0n) is 12.3. The van der Waals surface area contributed by atoms with Crippen molar-refractivity contribution < 1.29 is 9.26 Å². The molecule has 1 aromatic rings. The first-order valence-electron chi connectivity index (χ1n) is 7.66. The van der Waals surface area contributed by atoms with Gasteiger partial charge >= 0.3 is 0 Å². The highest BCUT2D eigenvalue weighted by molar-refractivity contribution is 4.98. The van der Waals surface area contributed by atoms with Crippen LogP contribution in [0.3, 0.4) is 0 Å². The van der Waals surface area contributed by atoms with Crippen LogP contribution in [-0.4, -0.2) is 47.3 Å². The lowest BCUT2D eigenvalue weighted by atomic mass is 10.1. The minimum atomic E-state index is -0.0627. The van der Waals surface area contributed by atoms with E-state index in [1.54, 1.807) is 0 Å². The fraction of sp³-hybridized carbons (Fsp3) is 0.857.